The van der Waals surface area contributed by atoms with Gasteiger partial charge in [0.15, 0.2) is 6.29 Å². The van der Waals surface area contributed by atoms with E-state index in [1.807, 2.05) is 48.5 Å². The molecular weight excluding hydrogens is 290 g/mol. The minimum absolute atomic E-state index is 0.614. The van der Waals surface area contributed by atoms with Gasteiger partial charge in [-0.15, -0.1) is 0 Å². The Hall–Kier alpha value is -1.87. The first-order chi connectivity index (χ1) is 8.81. The van der Waals surface area contributed by atoms with E-state index >= 15 is 0 Å². The molecule has 1 N–H and O–H groups in total. The van der Waals surface area contributed by atoms with E-state index in [4.69, 9.17) is 0 Å². The lowest BCUT2D eigenvalue weighted by Gasteiger charge is -2.00. The van der Waals surface area contributed by atoms with E-state index in [2.05, 4.69) is 20.9 Å². The molecule has 0 spiro atoms. The minimum Gasteiger partial charge on any atom is -0.351 e. The predicted molar refractivity (Wildman–Crippen MR) is 76.8 cm³/mol. The average molecular weight is 300 g/mol. The van der Waals surface area contributed by atoms with Gasteiger partial charge in [-0.05, 0) is 27.6 Å². The fraction of sp³-hybridized carbons (Fsp3) is 0. The molecule has 0 radical (unpaired) electrons. The first-order valence-corrected chi connectivity index (χ1v) is 6.41. The monoisotopic (exact) mass is 299 g/mol. The van der Waals surface area contributed by atoms with Crippen LogP contribution in [-0.4, -0.2) is 11.3 Å². The van der Waals surface area contributed by atoms with E-state index in [0.717, 1.165) is 32.8 Å². The van der Waals surface area contributed by atoms with E-state index in [0.29, 0.717) is 5.69 Å². The van der Waals surface area contributed by atoms with E-state index in [1.165, 1.54) is 0 Å². The van der Waals surface area contributed by atoms with Crippen molar-refractivity contribution in [1.29, 1.82) is 0 Å². The largest absolute Gasteiger partial charge is 0.351 e. The lowest BCUT2D eigenvalue weighted by atomic mass is 10.0. The predicted octanol–water partition coefficient (Wildman–Crippen LogP) is 4.41. The zero-order chi connectivity index (χ0) is 12.5. The Balaban J connectivity index is 2.40. The first-order valence-electron chi connectivity index (χ1n) is 5.62. The highest BCUT2D eigenvalue weighted by atomic mass is 79.9. The number of para-hydroxylation sites is 1. The number of carbonyl (C=O) groups is 1. The average Bonchev–Trinajstić information content (AvgIpc) is 2.80. The maximum atomic E-state index is 11.2. The Labute approximate surface area is 113 Å². The van der Waals surface area contributed by atoms with Crippen LogP contribution in [0, 0.1) is 0 Å². The fourth-order valence-corrected chi connectivity index (χ4v) is 2.67. The second-order valence-electron chi connectivity index (χ2n) is 4.06. The molecule has 1 heterocycles. The van der Waals surface area contributed by atoms with Gasteiger partial charge in [-0.25, -0.2) is 0 Å². The lowest BCUT2D eigenvalue weighted by molar-refractivity contribution is 0.112. The summed E-state index contributed by atoms with van der Waals surface area (Å²) < 4.78 is 0.963. The van der Waals surface area contributed by atoms with Crippen LogP contribution < -0.4 is 0 Å². The number of aromatic nitrogens is 1. The molecule has 0 saturated heterocycles. The molecule has 2 aromatic carbocycles. The molecule has 0 atom stereocenters. The van der Waals surface area contributed by atoms with Crippen LogP contribution in [0.2, 0.25) is 0 Å². The number of carbonyl (C=O) groups excluding carboxylic acids is 1. The van der Waals surface area contributed by atoms with Crippen LogP contribution in [0.5, 0.6) is 0 Å². The van der Waals surface area contributed by atoms with Gasteiger partial charge in [0.05, 0.1) is 11.2 Å². The van der Waals surface area contributed by atoms with Crippen molar-refractivity contribution >= 4 is 33.1 Å². The molecule has 3 rings (SSSR count). The third-order valence-electron chi connectivity index (χ3n) is 2.99. The van der Waals surface area contributed by atoms with E-state index in [1.54, 1.807) is 0 Å². The van der Waals surface area contributed by atoms with Crippen LogP contribution in [0.3, 0.4) is 0 Å². The number of nitrogens with one attached hydrogen (secondary N) is 1. The van der Waals surface area contributed by atoms with E-state index in [-0.39, 0.29) is 0 Å². The van der Waals surface area contributed by atoms with Crippen LogP contribution in [0.25, 0.3) is 22.0 Å². The van der Waals surface area contributed by atoms with Gasteiger partial charge >= 0.3 is 0 Å². The minimum atomic E-state index is 0.614. The van der Waals surface area contributed by atoms with Gasteiger partial charge in [0, 0.05) is 15.4 Å². The fourth-order valence-electron chi connectivity index (χ4n) is 2.21. The van der Waals surface area contributed by atoms with Gasteiger partial charge in [0.1, 0.15) is 0 Å². The molecule has 88 valence electrons. The molecule has 2 nitrogen and oxygen atoms in total. The molecule has 0 amide bonds. The van der Waals surface area contributed by atoms with Crippen LogP contribution in [-0.2, 0) is 0 Å². The van der Waals surface area contributed by atoms with Crippen molar-refractivity contribution in [2.75, 3.05) is 0 Å². The summed E-state index contributed by atoms with van der Waals surface area (Å²) in [6.07, 6.45) is 0.870. The summed E-state index contributed by atoms with van der Waals surface area (Å²) in [4.78, 5) is 14.4. The molecule has 18 heavy (non-hydrogen) atoms. The molecule has 0 bridgehead atoms. The third kappa shape index (κ3) is 1.68. The van der Waals surface area contributed by atoms with Crippen molar-refractivity contribution in [2.45, 2.75) is 0 Å². The zero-order valence-corrected chi connectivity index (χ0v) is 11.1. The van der Waals surface area contributed by atoms with Gasteiger partial charge in [0.2, 0.25) is 0 Å². The zero-order valence-electron chi connectivity index (χ0n) is 9.48. The van der Waals surface area contributed by atoms with Crippen molar-refractivity contribution in [3.05, 3.63) is 58.7 Å². The normalized spacial score (nSPS) is 10.7. The number of aldehydes is 1. The Bertz CT molecular complexity index is 716. The summed E-state index contributed by atoms with van der Waals surface area (Å²) in [5.41, 5.74) is 3.58. The van der Waals surface area contributed by atoms with Crippen molar-refractivity contribution in [2.24, 2.45) is 0 Å². The molecule has 0 saturated carbocycles. The maximum Gasteiger partial charge on any atom is 0.166 e. The number of rotatable bonds is 2. The Morgan fingerprint density at radius 2 is 1.78 bits per heavy atom. The molecule has 0 aliphatic rings. The summed E-state index contributed by atoms with van der Waals surface area (Å²) in [6.45, 7) is 0. The second-order valence-corrected chi connectivity index (χ2v) is 4.91. The summed E-state index contributed by atoms with van der Waals surface area (Å²) in [5, 5.41) is 1.05. The molecule has 0 unspecified atom stereocenters. The summed E-state index contributed by atoms with van der Waals surface area (Å²) in [7, 11) is 0. The maximum absolute atomic E-state index is 11.2. The van der Waals surface area contributed by atoms with Crippen LogP contribution in [0.1, 0.15) is 10.5 Å². The molecular formula is C15H10BrNO. The highest BCUT2D eigenvalue weighted by Gasteiger charge is 2.13. The molecule has 3 heteroatoms. The quantitative estimate of drug-likeness (QED) is 0.699. The number of hydrogen-bond donors (Lipinski definition) is 1. The number of fused-ring (bicyclic) bond motifs is 1. The summed E-state index contributed by atoms with van der Waals surface area (Å²) in [6, 6.07) is 15.9. The number of benzene rings is 2. The van der Waals surface area contributed by atoms with Crippen LogP contribution in [0.15, 0.2) is 53.0 Å². The van der Waals surface area contributed by atoms with Crippen molar-refractivity contribution in [3.63, 3.8) is 0 Å². The lowest BCUT2D eigenvalue weighted by Crippen LogP contribution is -1.83. The van der Waals surface area contributed by atoms with Crippen molar-refractivity contribution in [1.82, 2.24) is 4.98 Å². The number of H-pyrrole nitrogens is 1. The summed E-state index contributed by atoms with van der Waals surface area (Å²) >= 11 is 3.50. The van der Waals surface area contributed by atoms with Gasteiger partial charge < -0.3 is 4.98 Å². The SMILES string of the molecule is O=Cc1[nH]c2c(Br)cccc2c1-c1ccccc1. The van der Waals surface area contributed by atoms with Gasteiger partial charge in [-0.3, -0.25) is 4.79 Å². The molecule has 0 fully saturated rings. The van der Waals surface area contributed by atoms with Crippen molar-refractivity contribution in [3.8, 4) is 11.1 Å². The first kappa shape index (κ1) is 11.2. The van der Waals surface area contributed by atoms with Crippen molar-refractivity contribution < 1.29 is 4.79 Å². The van der Waals surface area contributed by atoms with E-state index < -0.39 is 0 Å². The standard InChI is InChI=1S/C15H10BrNO/c16-12-8-4-7-11-14(10-5-2-1-3-6-10)13(9-18)17-15(11)12/h1-9,17H. The molecule has 0 aliphatic heterocycles. The number of aromatic amines is 1. The Morgan fingerprint density at radius 3 is 2.50 bits per heavy atom. The molecule has 3 aromatic rings. The molecule has 0 aliphatic carbocycles. The highest BCUT2D eigenvalue weighted by molar-refractivity contribution is 9.10. The summed E-state index contributed by atoms with van der Waals surface area (Å²) in [5.74, 6) is 0. The topological polar surface area (TPSA) is 32.9 Å². The Kier molecular flexibility index (Phi) is 2.76. The highest BCUT2D eigenvalue weighted by Crippen LogP contribution is 2.34. The number of halogens is 1. The van der Waals surface area contributed by atoms with Crippen LogP contribution >= 0.6 is 15.9 Å². The Morgan fingerprint density at radius 1 is 1.00 bits per heavy atom. The molecule has 1 aromatic heterocycles. The number of hydrogen-bond acceptors (Lipinski definition) is 1. The second kappa shape index (κ2) is 4.42. The van der Waals surface area contributed by atoms with Gasteiger partial charge in [0.25, 0.3) is 0 Å². The smallest absolute Gasteiger partial charge is 0.166 e. The van der Waals surface area contributed by atoms with Gasteiger partial charge in [-0.2, -0.15) is 0 Å². The van der Waals surface area contributed by atoms with Crippen LogP contribution in [0.4, 0.5) is 0 Å². The van der Waals surface area contributed by atoms with Gasteiger partial charge in [-0.1, -0.05) is 42.5 Å². The third-order valence-corrected chi connectivity index (χ3v) is 3.65. The van der Waals surface area contributed by atoms with E-state index in [9.17, 15) is 4.79 Å².